The van der Waals surface area contributed by atoms with E-state index in [-0.39, 0.29) is 5.38 Å². The Balaban J connectivity index is 3.07. The van der Waals surface area contributed by atoms with Crippen LogP contribution in [0, 0.1) is 0 Å². The molecule has 1 aromatic carbocycles. The first-order chi connectivity index (χ1) is 6.56. The maximum absolute atomic E-state index is 6.16. The third-order valence-corrected chi connectivity index (χ3v) is 3.18. The molecule has 0 saturated carbocycles. The van der Waals surface area contributed by atoms with Crippen LogP contribution in [0.15, 0.2) is 12.1 Å². The molecule has 78 valence electrons. The van der Waals surface area contributed by atoms with Crippen LogP contribution in [-0.2, 0) is 0 Å². The predicted octanol–water partition coefficient (Wildman–Crippen LogP) is 5.73. The van der Waals surface area contributed by atoms with E-state index in [4.69, 9.17) is 46.4 Å². The van der Waals surface area contributed by atoms with E-state index in [0.717, 1.165) is 18.4 Å². The minimum atomic E-state index is -0.141. The standard InChI is InChI=1S/C10H10Cl4/c1-2-3-7(12)10-8(13)4-6(11)5-9(10)14/h4-5,7H,2-3H2,1H3. The van der Waals surface area contributed by atoms with Gasteiger partial charge in [-0.15, -0.1) is 11.6 Å². The van der Waals surface area contributed by atoms with Crippen molar-refractivity contribution in [3.05, 3.63) is 32.8 Å². The van der Waals surface area contributed by atoms with Crippen LogP contribution < -0.4 is 0 Å². The van der Waals surface area contributed by atoms with Crippen LogP contribution in [0.1, 0.15) is 30.7 Å². The topological polar surface area (TPSA) is 0 Å². The molecule has 0 spiro atoms. The highest BCUT2D eigenvalue weighted by Crippen LogP contribution is 2.38. The molecule has 4 heteroatoms. The van der Waals surface area contributed by atoms with Crippen LogP contribution in [0.3, 0.4) is 0 Å². The molecule has 0 bridgehead atoms. The first kappa shape index (κ1) is 12.4. The molecular formula is C10H10Cl4. The van der Waals surface area contributed by atoms with Gasteiger partial charge in [-0.1, -0.05) is 48.1 Å². The van der Waals surface area contributed by atoms with Crippen LogP contribution in [0.4, 0.5) is 0 Å². The lowest BCUT2D eigenvalue weighted by Gasteiger charge is -2.12. The van der Waals surface area contributed by atoms with Crippen molar-refractivity contribution in [1.82, 2.24) is 0 Å². The van der Waals surface area contributed by atoms with Gasteiger partial charge in [-0.3, -0.25) is 0 Å². The van der Waals surface area contributed by atoms with Gasteiger partial charge in [0.15, 0.2) is 0 Å². The summed E-state index contributed by atoms with van der Waals surface area (Å²) in [6.07, 6.45) is 1.84. The molecule has 0 amide bonds. The zero-order chi connectivity index (χ0) is 10.7. The Labute approximate surface area is 104 Å². The average Bonchev–Trinajstić information content (AvgIpc) is 2.01. The summed E-state index contributed by atoms with van der Waals surface area (Å²) >= 11 is 24.0. The number of benzene rings is 1. The van der Waals surface area contributed by atoms with Crippen LogP contribution in [0.25, 0.3) is 0 Å². The molecule has 0 heterocycles. The van der Waals surface area contributed by atoms with E-state index in [1.165, 1.54) is 0 Å². The lowest BCUT2D eigenvalue weighted by Crippen LogP contribution is -1.93. The van der Waals surface area contributed by atoms with Gasteiger partial charge in [-0.2, -0.15) is 0 Å². The minimum Gasteiger partial charge on any atom is -0.118 e. The second kappa shape index (κ2) is 5.46. The number of hydrogen-bond acceptors (Lipinski definition) is 0. The lowest BCUT2D eigenvalue weighted by molar-refractivity contribution is 0.771. The van der Waals surface area contributed by atoms with E-state index in [2.05, 4.69) is 6.92 Å². The van der Waals surface area contributed by atoms with Crippen molar-refractivity contribution in [3.63, 3.8) is 0 Å². The molecule has 0 radical (unpaired) electrons. The second-order valence-corrected chi connectivity index (χ2v) is 4.82. The summed E-state index contributed by atoms with van der Waals surface area (Å²) in [4.78, 5) is 0. The molecule has 0 N–H and O–H groups in total. The average molecular weight is 272 g/mol. The van der Waals surface area contributed by atoms with Gasteiger partial charge >= 0.3 is 0 Å². The van der Waals surface area contributed by atoms with Gasteiger partial charge in [0.1, 0.15) is 0 Å². The zero-order valence-corrected chi connectivity index (χ0v) is 10.7. The maximum Gasteiger partial charge on any atom is 0.0614 e. The first-order valence-corrected chi connectivity index (χ1v) is 5.91. The normalized spacial score (nSPS) is 12.9. The molecule has 1 atom stereocenters. The SMILES string of the molecule is CCCC(Cl)c1c(Cl)cc(Cl)cc1Cl. The fraction of sp³-hybridized carbons (Fsp3) is 0.400. The first-order valence-electron chi connectivity index (χ1n) is 4.34. The van der Waals surface area contributed by atoms with E-state index in [0.29, 0.717) is 15.1 Å². The molecule has 0 aliphatic rings. The monoisotopic (exact) mass is 270 g/mol. The fourth-order valence-corrected chi connectivity index (χ4v) is 2.90. The third kappa shape index (κ3) is 2.93. The van der Waals surface area contributed by atoms with Gasteiger partial charge < -0.3 is 0 Å². The number of rotatable bonds is 3. The highest BCUT2D eigenvalue weighted by atomic mass is 35.5. The minimum absolute atomic E-state index is 0.141. The Kier molecular flexibility index (Phi) is 4.86. The van der Waals surface area contributed by atoms with Crippen LogP contribution in [0.2, 0.25) is 15.1 Å². The molecule has 1 rings (SSSR count). The van der Waals surface area contributed by atoms with Gasteiger partial charge in [0, 0.05) is 20.6 Å². The molecule has 0 aliphatic carbocycles. The van der Waals surface area contributed by atoms with Crippen molar-refractivity contribution in [2.24, 2.45) is 0 Å². The summed E-state index contributed by atoms with van der Waals surface area (Å²) in [5.74, 6) is 0. The molecule has 1 unspecified atom stereocenters. The molecule has 14 heavy (non-hydrogen) atoms. The number of hydrogen-bond donors (Lipinski definition) is 0. The number of halogens is 4. The summed E-state index contributed by atoms with van der Waals surface area (Å²) in [6.45, 7) is 2.06. The second-order valence-electron chi connectivity index (χ2n) is 3.04. The van der Waals surface area contributed by atoms with E-state index in [9.17, 15) is 0 Å². The zero-order valence-electron chi connectivity index (χ0n) is 7.66. The Hall–Kier alpha value is 0.380. The van der Waals surface area contributed by atoms with Gasteiger partial charge in [-0.25, -0.2) is 0 Å². The molecule has 0 fully saturated rings. The highest BCUT2D eigenvalue weighted by molar-refractivity contribution is 6.40. The van der Waals surface area contributed by atoms with Crippen molar-refractivity contribution in [2.45, 2.75) is 25.1 Å². The van der Waals surface area contributed by atoms with Crippen molar-refractivity contribution in [2.75, 3.05) is 0 Å². The Bertz CT molecular complexity index is 299. The maximum atomic E-state index is 6.16. The highest BCUT2D eigenvalue weighted by Gasteiger charge is 2.15. The van der Waals surface area contributed by atoms with Gasteiger partial charge in [-0.05, 0) is 18.6 Å². The molecule has 0 aromatic heterocycles. The quantitative estimate of drug-likeness (QED) is 0.616. The van der Waals surface area contributed by atoms with Crippen LogP contribution >= 0.6 is 46.4 Å². The van der Waals surface area contributed by atoms with Crippen LogP contribution in [-0.4, -0.2) is 0 Å². The fourth-order valence-electron chi connectivity index (χ4n) is 1.25. The van der Waals surface area contributed by atoms with E-state index in [1.54, 1.807) is 12.1 Å². The van der Waals surface area contributed by atoms with E-state index < -0.39 is 0 Å². The smallest absolute Gasteiger partial charge is 0.0614 e. The Morgan fingerprint density at radius 1 is 1.14 bits per heavy atom. The van der Waals surface area contributed by atoms with E-state index >= 15 is 0 Å². The molecule has 0 saturated heterocycles. The van der Waals surface area contributed by atoms with Crippen LogP contribution in [0.5, 0.6) is 0 Å². The van der Waals surface area contributed by atoms with Crippen molar-refractivity contribution < 1.29 is 0 Å². The number of alkyl halides is 1. The third-order valence-electron chi connectivity index (χ3n) is 1.90. The summed E-state index contributed by atoms with van der Waals surface area (Å²) in [6, 6.07) is 3.32. The lowest BCUT2D eigenvalue weighted by atomic mass is 10.1. The van der Waals surface area contributed by atoms with Crippen molar-refractivity contribution in [1.29, 1.82) is 0 Å². The van der Waals surface area contributed by atoms with E-state index in [1.807, 2.05) is 0 Å². The Morgan fingerprint density at radius 3 is 2.07 bits per heavy atom. The van der Waals surface area contributed by atoms with Crippen molar-refractivity contribution in [3.8, 4) is 0 Å². The predicted molar refractivity (Wildman–Crippen MR) is 65.0 cm³/mol. The van der Waals surface area contributed by atoms with Crippen molar-refractivity contribution >= 4 is 46.4 Å². The van der Waals surface area contributed by atoms with Gasteiger partial charge in [0.05, 0.1) is 5.38 Å². The summed E-state index contributed by atoms with van der Waals surface area (Å²) in [5, 5.41) is 1.47. The molecular weight excluding hydrogens is 262 g/mol. The van der Waals surface area contributed by atoms with Gasteiger partial charge in [0.2, 0.25) is 0 Å². The van der Waals surface area contributed by atoms with Gasteiger partial charge in [0.25, 0.3) is 0 Å². The summed E-state index contributed by atoms with van der Waals surface area (Å²) in [7, 11) is 0. The molecule has 0 aliphatic heterocycles. The molecule has 0 nitrogen and oxygen atoms in total. The molecule has 1 aromatic rings. The summed E-state index contributed by atoms with van der Waals surface area (Å²) < 4.78 is 0. The summed E-state index contributed by atoms with van der Waals surface area (Å²) in [5.41, 5.74) is 0.779. The largest absolute Gasteiger partial charge is 0.118 e. The Morgan fingerprint density at radius 2 is 1.64 bits per heavy atom.